The molecule has 5 rings (SSSR count). The molecule has 1 unspecified atom stereocenters. The second-order valence-corrected chi connectivity index (χ2v) is 9.46. The number of aliphatic hydroxyl groups is 2. The Hall–Kier alpha value is -3.64. The first-order chi connectivity index (χ1) is 18.4. The molecule has 0 radical (unpaired) electrons. The molecule has 2 aliphatic rings. The van der Waals surface area contributed by atoms with Crippen LogP contribution in [-0.2, 0) is 24.3 Å². The van der Waals surface area contributed by atoms with Gasteiger partial charge in [0.05, 0.1) is 30.7 Å². The summed E-state index contributed by atoms with van der Waals surface area (Å²) in [5.41, 5.74) is 2.86. The number of benzene rings is 1. The van der Waals surface area contributed by atoms with Gasteiger partial charge >= 0.3 is 0 Å². The van der Waals surface area contributed by atoms with E-state index in [0.717, 1.165) is 17.3 Å². The lowest BCUT2D eigenvalue weighted by atomic mass is 10.1. The van der Waals surface area contributed by atoms with Crippen LogP contribution in [0.15, 0.2) is 30.6 Å². The number of carbonyl (C=O) groups is 1. The lowest BCUT2D eigenvalue weighted by Gasteiger charge is -2.35. The van der Waals surface area contributed by atoms with Crippen LogP contribution in [-0.4, -0.2) is 79.2 Å². The molecule has 1 fully saturated rings. The molecule has 1 atom stereocenters. The minimum atomic E-state index is -1.46. The standard InChI is InChI=1S/C26H30F2N6O4/c1-2-34-13-16(12-29-34)24-25(31-20-7-10-33(14-21(20)30-24)26(37)22(36)15-35)32-8-5-18(6-9-32)38-23-4-3-17(27)11-19(23)28/h3-4,11-13,18,22,35-36H,2,5-10,14-15H2,1H3. The molecule has 12 heteroatoms. The summed E-state index contributed by atoms with van der Waals surface area (Å²) in [7, 11) is 0. The van der Waals surface area contributed by atoms with Crippen LogP contribution in [0.4, 0.5) is 14.6 Å². The summed E-state index contributed by atoms with van der Waals surface area (Å²) in [4.78, 5) is 25.9. The van der Waals surface area contributed by atoms with Crippen LogP contribution in [0.3, 0.4) is 0 Å². The molecule has 3 aromatic rings. The van der Waals surface area contributed by atoms with Crippen molar-refractivity contribution >= 4 is 11.7 Å². The number of piperidine rings is 1. The van der Waals surface area contributed by atoms with E-state index in [1.807, 2.05) is 13.1 Å². The Morgan fingerprint density at radius 3 is 2.66 bits per heavy atom. The van der Waals surface area contributed by atoms with Gasteiger partial charge in [-0.3, -0.25) is 9.48 Å². The van der Waals surface area contributed by atoms with E-state index in [2.05, 4.69) is 10.00 Å². The van der Waals surface area contributed by atoms with Gasteiger partial charge in [0.2, 0.25) is 0 Å². The molecule has 2 N–H and O–H groups in total. The zero-order valence-corrected chi connectivity index (χ0v) is 21.1. The van der Waals surface area contributed by atoms with Gasteiger partial charge in [0.1, 0.15) is 17.6 Å². The van der Waals surface area contributed by atoms with Gasteiger partial charge in [0.25, 0.3) is 5.91 Å². The molecule has 0 aliphatic carbocycles. The average Bonchev–Trinajstić information content (AvgIpc) is 3.42. The van der Waals surface area contributed by atoms with Gasteiger partial charge in [-0.1, -0.05) is 0 Å². The largest absolute Gasteiger partial charge is 0.487 e. The highest BCUT2D eigenvalue weighted by Gasteiger charge is 2.31. The van der Waals surface area contributed by atoms with E-state index in [0.29, 0.717) is 62.6 Å². The summed E-state index contributed by atoms with van der Waals surface area (Å²) in [5.74, 6) is -1.16. The van der Waals surface area contributed by atoms with Crippen LogP contribution in [0.5, 0.6) is 5.75 Å². The van der Waals surface area contributed by atoms with Crippen molar-refractivity contribution in [3.63, 3.8) is 0 Å². The first-order valence-corrected chi connectivity index (χ1v) is 12.7. The Balaban J connectivity index is 1.38. The van der Waals surface area contributed by atoms with E-state index in [-0.39, 0.29) is 18.4 Å². The van der Waals surface area contributed by atoms with Gasteiger partial charge < -0.3 is 24.7 Å². The molecule has 38 heavy (non-hydrogen) atoms. The van der Waals surface area contributed by atoms with Crippen molar-refractivity contribution in [3.05, 3.63) is 53.6 Å². The maximum atomic E-state index is 14.1. The van der Waals surface area contributed by atoms with E-state index in [1.165, 1.54) is 17.0 Å². The lowest BCUT2D eigenvalue weighted by Crippen LogP contribution is -2.44. The first kappa shape index (κ1) is 26.0. The van der Waals surface area contributed by atoms with E-state index in [4.69, 9.17) is 14.7 Å². The van der Waals surface area contributed by atoms with Gasteiger partial charge in [-0.2, -0.15) is 5.10 Å². The van der Waals surface area contributed by atoms with Gasteiger partial charge in [-0.05, 0) is 19.1 Å². The highest BCUT2D eigenvalue weighted by Crippen LogP contribution is 2.33. The van der Waals surface area contributed by atoms with Crippen LogP contribution in [0, 0.1) is 11.6 Å². The van der Waals surface area contributed by atoms with Gasteiger partial charge in [0, 0.05) is 63.3 Å². The SMILES string of the molecule is CCn1cc(-c2nc3c(nc2N2CCC(Oc4ccc(F)cc4F)CC2)CCN(C(=O)C(O)CO)C3)cn1. The number of halogens is 2. The zero-order chi connectivity index (χ0) is 26.8. The minimum absolute atomic E-state index is 0.0384. The molecular formula is C26H30F2N6O4. The molecule has 0 saturated carbocycles. The van der Waals surface area contributed by atoms with Crippen molar-refractivity contribution in [2.24, 2.45) is 0 Å². The number of fused-ring (bicyclic) bond motifs is 1. The number of rotatable bonds is 7. The number of aryl methyl sites for hydroxylation is 1. The summed E-state index contributed by atoms with van der Waals surface area (Å²) < 4.78 is 34.9. The molecule has 1 amide bonds. The highest BCUT2D eigenvalue weighted by atomic mass is 19.1. The fourth-order valence-corrected chi connectivity index (χ4v) is 4.81. The van der Waals surface area contributed by atoms with Crippen LogP contribution in [0.1, 0.15) is 31.2 Å². The second kappa shape index (κ2) is 11.0. The van der Waals surface area contributed by atoms with Gasteiger partial charge in [-0.25, -0.2) is 18.7 Å². The molecule has 4 heterocycles. The first-order valence-electron chi connectivity index (χ1n) is 12.7. The molecule has 2 aliphatic heterocycles. The number of hydrogen-bond acceptors (Lipinski definition) is 8. The predicted octanol–water partition coefficient (Wildman–Crippen LogP) is 1.92. The van der Waals surface area contributed by atoms with Crippen LogP contribution < -0.4 is 9.64 Å². The monoisotopic (exact) mass is 528 g/mol. The normalized spacial score (nSPS) is 16.9. The molecule has 0 bridgehead atoms. The topological polar surface area (TPSA) is 117 Å². The van der Waals surface area contributed by atoms with E-state index >= 15 is 0 Å². The Labute approximate surface area is 218 Å². The third-order valence-corrected chi connectivity index (χ3v) is 6.92. The number of amides is 1. The molecule has 0 spiro atoms. The quantitative estimate of drug-likeness (QED) is 0.478. The Kier molecular flexibility index (Phi) is 7.52. The van der Waals surface area contributed by atoms with Crippen molar-refractivity contribution in [1.82, 2.24) is 24.6 Å². The molecule has 2 aromatic heterocycles. The Morgan fingerprint density at radius 2 is 1.97 bits per heavy atom. The highest BCUT2D eigenvalue weighted by molar-refractivity contribution is 5.81. The van der Waals surface area contributed by atoms with Crippen LogP contribution >= 0.6 is 0 Å². The third kappa shape index (κ3) is 5.32. The fraction of sp³-hybridized carbons (Fsp3) is 0.462. The van der Waals surface area contributed by atoms with Crippen molar-refractivity contribution < 1.29 is 28.5 Å². The number of nitrogens with zero attached hydrogens (tertiary/aromatic N) is 6. The van der Waals surface area contributed by atoms with Crippen molar-refractivity contribution in [1.29, 1.82) is 0 Å². The van der Waals surface area contributed by atoms with E-state index < -0.39 is 30.3 Å². The predicted molar refractivity (Wildman–Crippen MR) is 133 cm³/mol. The summed E-state index contributed by atoms with van der Waals surface area (Å²) >= 11 is 0. The zero-order valence-electron chi connectivity index (χ0n) is 21.1. The van der Waals surface area contributed by atoms with Crippen LogP contribution in [0.25, 0.3) is 11.3 Å². The van der Waals surface area contributed by atoms with Crippen molar-refractivity contribution in [2.75, 3.05) is 31.1 Å². The molecular weight excluding hydrogens is 498 g/mol. The summed E-state index contributed by atoms with van der Waals surface area (Å²) in [6.45, 7) is 3.79. The van der Waals surface area contributed by atoms with Gasteiger partial charge in [-0.15, -0.1) is 0 Å². The Bertz CT molecular complexity index is 1310. The fourth-order valence-electron chi connectivity index (χ4n) is 4.81. The minimum Gasteiger partial charge on any atom is -0.487 e. The molecule has 1 saturated heterocycles. The van der Waals surface area contributed by atoms with Crippen molar-refractivity contribution in [3.8, 4) is 17.0 Å². The summed E-state index contributed by atoms with van der Waals surface area (Å²) in [6, 6.07) is 3.30. The lowest BCUT2D eigenvalue weighted by molar-refractivity contribution is -0.143. The summed E-state index contributed by atoms with van der Waals surface area (Å²) in [6.07, 6.45) is 3.65. The summed E-state index contributed by atoms with van der Waals surface area (Å²) in [5, 5.41) is 23.4. The number of aliphatic hydroxyl groups excluding tert-OH is 2. The average molecular weight is 529 g/mol. The smallest absolute Gasteiger partial charge is 0.254 e. The van der Waals surface area contributed by atoms with E-state index in [1.54, 1.807) is 10.9 Å². The maximum Gasteiger partial charge on any atom is 0.254 e. The Morgan fingerprint density at radius 1 is 1.18 bits per heavy atom. The van der Waals surface area contributed by atoms with Crippen LogP contribution in [0.2, 0.25) is 0 Å². The molecule has 1 aromatic carbocycles. The number of carbonyl (C=O) groups excluding carboxylic acids is 1. The molecule has 10 nitrogen and oxygen atoms in total. The van der Waals surface area contributed by atoms with Gasteiger partial charge in [0.15, 0.2) is 23.5 Å². The number of hydrogen-bond donors (Lipinski definition) is 2. The third-order valence-electron chi connectivity index (χ3n) is 6.92. The van der Waals surface area contributed by atoms with Crippen molar-refractivity contribution in [2.45, 2.75) is 51.5 Å². The maximum absolute atomic E-state index is 14.1. The molecule has 202 valence electrons. The number of anilines is 1. The van der Waals surface area contributed by atoms with E-state index in [9.17, 15) is 23.8 Å². The number of aromatic nitrogens is 4. The number of ether oxygens (including phenoxy) is 1. The second-order valence-electron chi connectivity index (χ2n) is 9.46.